The first-order valence-corrected chi connectivity index (χ1v) is 7.88. The minimum absolute atomic E-state index is 0.0690. The number of H-pyrrole nitrogens is 1. The topological polar surface area (TPSA) is 101 Å². The molecule has 0 saturated carbocycles. The first kappa shape index (κ1) is 15.6. The summed E-state index contributed by atoms with van der Waals surface area (Å²) in [6.45, 7) is 0. The summed E-state index contributed by atoms with van der Waals surface area (Å²) in [5, 5.41) is 3.22. The lowest BCUT2D eigenvalue weighted by Gasteiger charge is -2.13. The molecule has 2 amide bonds. The van der Waals surface area contributed by atoms with Gasteiger partial charge in [0.15, 0.2) is 0 Å². The van der Waals surface area contributed by atoms with Gasteiger partial charge in [0.1, 0.15) is 16.7 Å². The summed E-state index contributed by atoms with van der Waals surface area (Å²) in [6, 6.07) is 7.30. The van der Waals surface area contributed by atoms with Gasteiger partial charge in [0.05, 0.1) is 11.6 Å². The van der Waals surface area contributed by atoms with Crippen LogP contribution in [-0.2, 0) is 9.59 Å². The maximum Gasteiger partial charge on any atom is 0.228 e. The number of rotatable bonds is 1. The first-order chi connectivity index (χ1) is 11.1. The summed E-state index contributed by atoms with van der Waals surface area (Å²) < 4.78 is 0. The Bertz CT molecular complexity index is 756. The van der Waals surface area contributed by atoms with Gasteiger partial charge in [-0.3, -0.25) is 9.59 Å². The number of carbonyl (C=O) groups is 2. The fourth-order valence-corrected chi connectivity index (χ4v) is 3.01. The smallest absolute Gasteiger partial charge is 0.228 e. The van der Waals surface area contributed by atoms with E-state index in [1.807, 2.05) is 18.2 Å². The molecule has 1 aromatic heterocycles. The third kappa shape index (κ3) is 3.22. The van der Waals surface area contributed by atoms with Crippen molar-refractivity contribution in [2.24, 2.45) is 5.73 Å². The van der Waals surface area contributed by atoms with Crippen molar-refractivity contribution in [1.29, 1.82) is 0 Å². The second kappa shape index (κ2) is 6.42. The highest BCUT2D eigenvalue weighted by molar-refractivity contribution is 6.32. The number of hydrogen-bond acceptors (Lipinski definition) is 3. The van der Waals surface area contributed by atoms with Crippen LogP contribution in [0.4, 0.5) is 5.69 Å². The summed E-state index contributed by atoms with van der Waals surface area (Å²) >= 11 is 6.27. The average Bonchev–Trinajstić information content (AvgIpc) is 2.88. The van der Waals surface area contributed by atoms with Crippen LogP contribution in [0.25, 0.3) is 11.3 Å². The molecule has 0 fully saturated rings. The lowest BCUT2D eigenvalue weighted by atomic mass is 9.99. The van der Waals surface area contributed by atoms with Gasteiger partial charge < -0.3 is 16.0 Å². The van der Waals surface area contributed by atoms with Crippen LogP contribution in [0.3, 0.4) is 0 Å². The van der Waals surface area contributed by atoms with Crippen LogP contribution in [0, 0.1) is 0 Å². The summed E-state index contributed by atoms with van der Waals surface area (Å²) in [5.41, 5.74) is 7.36. The SMILES string of the molecule is NC(=O)[C@H]1CCCCC(=O)Nc2ccccc2-c2nc1[nH]c2Cl. The number of amides is 2. The number of nitrogens with one attached hydrogen (secondary N) is 2. The number of halogens is 1. The number of carbonyl (C=O) groups excluding carboxylic acids is 2. The molecule has 0 unspecified atom stereocenters. The van der Waals surface area contributed by atoms with Gasteiger partial charge in [0.25, 0.3) is 0 Å². The van der Waals surface area contributed by atoms with Crippen LogP contribution >= 0.6 is 11.6 Å². The van der Waals surface area contributed by atoms with E-state index in [0.29, 0.717) is 53.6 Å². The second-order valence-corrected chi connectivity index (χ2v) is 5.96. The molecule has 1 atom stereocenters. The summed E-state index contributed by atoms with van der Waals surface area (Å²) in [4.78, 5) is 31.2. The number of benzene rings is 1. The quantitative estimate of drug-likeness (QED) is 0.748. The molecule has 0 saturated heterocycles. The zero-order valence-corrected chi connectivity index (χ0v) is 13.2. The molecule has 1 aliphatic rings. The van der Waals surface area contributed by atoms with Gasteiger partial charge in [-0.05, 0) is 18.9 Å². The Morgan fingerprint density at radius 2 is 2.09 bits per heavy atom. The van der Waals surface area contributed by atoms with Gasteiger partial charge in [-0.15, -0.1) is 0 Å². The van der Waals surface area contributed by atoms with E-state index in [1.165, 1.54) is 0 Å². The first-order valence-electron chi connectivity index (χ1n) is 7.50. The predicted octanol–water partition coefficient (Wildman–Crippen LogP) is 2.81. The summed E-state index contributed by atoms with van der Waals surface area (Å²) in [7, 11) is 0. The number of nitrogens with zero attached hydrogens (tertiary/aromatic N) is 1. The molecule has 3 rings (SSSR count). The zero-order chi connectivity index (χ0) is 16.4. The van der Waals surface area contributed by atoms with Crippen LogP contribution in [-0.4, -0.2) is 21.8 Å². The summed E-state index contributed by atoms with van der Waals surface area (Å²) in [6.07, 6.45) is 2.31. The van der Waals surface area contributed by atoms with Gasteiger partial charge in [0.2, 0.25) is 11.8 Å². The predicted molar refractivity (Wildman–Crippen MR) is 88.1 cm³/mol. The van der Waals surface area contributed by atoms with E-state index < -0.39 is 11.8 Å². The van der Waals surface area contributed by atoms with Crippen LogP contribution in [0.5, 0.6) is 0 Å². The Morgan fingerprint density at radius 3 is 2.87 bits per heavy atom. The number of aromatic nitrogens is 2. The normalized spacial score (nSPS) is 18.3. The Hall–Kier alpha value is -2.34. The van der Waals surface area contributed by atoms with Gasteiger partial charge in [-0.1, -0.05) is 36.2 Å². The van der Waals surface area contributed by atoms with Gasteiger partial charge >= 0.3 is 0 Å². The highest BCUT2D eigenvalue weighted by Gasteiger charge is 2.25. The minimum atomic E-state index is -0.532. The lowest BCUT2D eigenvalue weighted by molar-refractivity contribution is -0.119. The number of anilines is 1. The van der Waals surface area contributed by atoms with Crippen LogP contribution in [0.1, 0.15) is 37.4 Å². The Labute approximate surface area is 138 Å². The minimum Gasteiger partial charge on any atom is -0.369 e. The molecule has 7 heteroatoms. The van der Waals surface area contributed by atoms with Crippen molar-refractivity contribution in [1.82, 2.24) is 9.97 Å². The molecule has 6 nitrogen and oxygen atoms in total. The third-order valence-electron chi connectivity index (χ3n) is 3.95. The monoisotopic (exact) mass is 332 g/mol. The standard InChI is InChI=1S/C16H17ClN4O2/c17-14-13-9-5-1-3-7-11(9)19-12(22)8-4-2-6-10(15(18)23)16(20-13)21-14/h1,3,5,7,10H,2,4,6,8H2,(H2,18,23)(H,19,22)(H,20,21)/t10-/m1/s1. The van der Waals surface area contributed by atoms with Crippen molar-refractivity contribution in [2.75, 3.05) is 5.32 Å². The zero-order valence-electron chi connectivity index (χ0n) is 12.4. The molecule has 120 valence electrons. The Balaban J connectivity index is 2.12. The molecule has 23 heavy (non-hydrogen) atoms. The van der Waals surface area contributed by atoms with Crippen molar-refractivity contribution in [3.05, 3.63) is 35.2 Å². The molecule has 2 bridgehead atoms. The van der Waals surface area contributed by atoms with E-state index in [-0.39, 0.29) is 5.91 Å². The van der Waals surface area contributed by atoms with Crippen LogP contribution in [0.2, 0.25) is 5.15 Å². The van der Waals surface area contributed by atoms with Gasteiger partial charge in [-0.25, -0.2) is 4.98 Å². The summed E-state index contributed by atoms with van der Waals surface area (Å²) in [5.74, 6) is -0.576. The van der Waals surface area contributed by atoms with Crippen LogP contribution < -0.4 is 11.1 Å². The number of nitrogens with two attached hydrogens (primary N) is 1. The molecule has 2 aromatic rings. The molecule has 1 aromatic carbocycles. The number of fused-ring (bicyclic) bond motifs is 4. The molecule has 1 aliphatic heterocycles. The molecule has 0 spiro atoms. The average molecular weight is 333 g/mol. The highest BCUT2D eigenvalue weighted by atomic mass is 35.5. The molecule has 0 radical (unpaired) electrons. The highest BCUT2D eigenvalue weighted by Crippen LogP contribution is 2.34. The Kier molecular flexibility index (Phi) is 4.34. The number of aromatic amines is 1. The lowest BCUT2D eigenvalue weighted by Crippen LogP contribution is -2.22. The van der Waals surface area contributed by atoms with E-state index in [2.05, 4.69) is 15.3 Å². The fraction of sp³-hybridized carbons (Fsp3) is 0.312. The van der Waals surface area contributed by atoms with E-state index in [0.717, 1.165) is 0 Å². The molecule has 2 heterocycles. The number of imidazole rings is 1. The van der Waals surface area contributed by atoms with Crippen molar-refractivity contribution in [2.45, 2.75) is 31.6 Å². The van der Waals surface area contributed by atoms with Crippen molar-refractivity contribution < 1.29 is 9.59 Å². The van der Waals surface area contributed by atoms with E-state index in [4.69, 9.17) is 17.3 Å². The molecule has 4 N–H and O–H groups in total. The Morgan fingerprint density at radius 1 is 1.30 bits per heavy atom. The maximum absolute atomic E-state index is 12.1. The number of para-hydroxylation sites is 1. The van der Waals surface area contributed by atoms with Crippen molar-refractivity contribution in [3.63, 3.8) is 0 Å². The number of primary amides is 1. The molecular formula is C16H17ClN4O2. The van der Waals surface area contributed by atoms with Gasteiger partial charge in [-0.2, -0.15) is 0 Å². The van der Waals surface area contributed by atoms with Crippen molar-refractivity contribution >= 4 is 29.1 Å². The van der Waals surface area contributed by atoms with Crippen molar-refractivity contribution in [3.8, 4) is 11.3 Å². The molecule has 0 aliphatic carbocycles. The third-order valence-corrected chi connectivity index (χ3v) is 4.23. The maximum atomic E-state index is 12.1. The van der Waals surface area contributed by atoms with Gasteiger partial charge in [0, 0.05) is 12.0 Å². The fourth-order valence-electron chi connectivity index (χ4n) is 2.77. The van der Waals surface area contributed by atoms with E-state index in [1.54, 1.807) is 6.07 Å². The number of hydrogen-bond donors (Lipinski definition) is 3. The molecular weight excluding hydrogens is 316 g/mol. The largest absolute Gasteiger partial charge is 0.369 e. The van der Waals surface area contributed by atoms with E-state index in [9.17, 15) is 9.59 Å². The van der Waals surface area contributed by atoms with Crippen LogP contribution in [0.15, 0.2) is 24.3 Å². The second-order valence-electron chi connectivity index (χ2n) is 5.58. The van der Waals surface area contributed by atoms with E-state index >= 15 is 0 Å².